The third-order valence-electron chi connectivity index (χ3n) is 1.62. The van der Waals surface area contributed by atoms with Crippen molar-refractivity contribution in [3.8, 4) is 0 Å². The molecule has 0 aliphatic heterocycles. The third kappa shape index (κ3) is 3.05. The van der Waals surface area contributed by atoms with Gasteiger partial charge < -0.3 is 10.6 Å². The van der Waals surface area contributed by atoms with Crippen molar-refractivity contribution >= 4 is 5.91 Å². The van der Waals surface area contributed by atoms with Gasteiger partial charge in [-0.15, -0.1) is 6.58 Å². The van der Waals surface area contributed by atoms with E-state index in [1.54, 1.807) is 17.9 Å². The van der Waals surface area contributed by atoms with Crippen molar-refractivity contribution in [3.05, 3.63) is 12.7 Å². The van der Waals surface area contributed by atoms with Crippen molar-refractivity contribution in [2.75, 3.05) is 6.54 Å². The maximum atomic E-state index is 11.4. The second-order valence-corrected chi connectivity index (χ2v) is 3.16. The van der Waals surface area contributed by atoms with Crippen LogP contribution >= 0.6 is 0 Å². The first kappa shape index (κ1) is 11.2. The Labute approximate surface area is 74.2 Å². The molecule has 0 aromatic rings. The largest absolute Gasteiger partial charge is 0.335 e. The molecule has 0 saturated heterocycles. The Balaban J connectivity index is 4.29. The van der Waals surface area contributed by atoms with Gasteiger partial charge in [-0.3, -0.25) is 4.79 Å². The van der Waals surface area contributed by atoms with E-state index in [1.165, 1.54) is 0 Å². The molecule has 12 heavy (non-hydrogen) atoms. The summed E-state index contributed by atoms with van der Waals surface area (Å²) in [6.45, 7) is 9.78. The number of rotatable bonds is 4. The molecule has 1 unspecified atom stereocenters. The molecule has 2 N–H and O–H groups in total. The van der Waals surface area contributed by atoms with Crippen LogP contribution in [0.4, 0.5) is 0 Å². The Morgan fingerprint density at radius 1 is 1.58 bits per heavy atom. The maximum absolute atomic E-state index is 11.4. The molecule has 0 bridgehead atoms. The molecule has 0 rings (SSSR count). The van der Waals surface area contributed by atoms with Crippen LogP contribution in [0.2, 0.25) is 0 Å². The number of nitrogens with two attached hydrogens (primary N) is 1. The van der Waals surface area contributed by atoms with Crippen molar-refractivity contribution < 1.29 is 4.79 Å². The van der Waals surface area contributed by atoms with E-state index in [2.05, 4.69) is 6.58 Å². The molecule has 0 fully saturated rings. The summed E-state index contributed by atoms with van der Waals surface area (Å²) in [5.74, 6) is -0.0232. The maximum Gasteiger partial charge on any atom is 0.239 e. The van der Waals surface area contributed by atoms with Crippen molar-refractivity contribution in [1.29, 1.82) is 0 Å². The van der Waals surface area contributed by atoms with Gasteiger partial charge in [0, 0.05) is 12.6 Å². The van der Waals surface area contributed by atoms with Crippen LogP contribution in [0.15, 0.2) is 12.7 Å². The number of hydrogen-bond donors (Lipinski definition) is 1. The Bertz CT molecular complexity index is 164. The third-order valence-corrected chi connectivity index (χ3v) is 1.62. The lowest BCUT2D eigenvalue weighted by atomic mass is 10.2. The van der Waals surface area contributed by atoms with Crippen LogP contribution in [-0.4, -0.2) is 29.4 Å². The summed E-state index contributed by atoms with van der Waals surface area (Å²) >= 11 is 0. The average Bonchev–Trinajstić information content (AvgIpc) is 1.98. The molecule has 0 aromatic carbocycles. The van der Waals surface area contributed by atoms with Crippen molar-refractivity contribution in [3.63, 3.8) is 0 Å². The Hall–Kier alpha value is -0.830. The van der Waals surface area contributed by atoms with Gasteiger partial charge in [-0.2, -0.15) is 0 Å². The number of nitrogens with zero attached hydrogens (tertiary/aromatic N) is 1. The molecule has 0 aromatic heterocycles. The first-order chi connectivity index (χ1) is 5.50. The molecule has 0 aliphatic carbocycles. The molecular weight excluding hydrogens is 152 g/mol. The highest BCUT2D eigenvalue weighted by Crippen LogP contribution is 2.00. The Kier molecular flexibility index (Phi) is 4.59. The fourth-order valence-corrected chi connectivity index (χ4v) is 0.956. The zero-order chi connectivity index (χ0) is 9.72. The van der Waals surface area contributed by atoms with Gasteiger partial charge in [-0.25, -0.2) is 0 Å². The first-order valence-electron chi connectivity index (χ1n) is 4.17. The molecule has 3 nitrogen and oxygen atoms in total. The highest BCUT2D eigenvalue weighted by Gasteiger charge is 2.18. The van der Waals surface area contributed by atoms with Crippen LogP contribution < -0.4 is 5.73 Å². The predicted octanol–water partition coefficient (Wildman–Crippen LogP) is 0.757. The minimum absolute atomic E-state index is 0.0232. The molecule has 0 spiro atoms. The van der Waals surface area contributed by atoms with Crippen LogP contribution in [-0.2, 0) is 4.79 Å². The van der Waals surface area contributed by atoms with Gasteiger partial charge in [-0.1, -0.05) is 6.08 Å². The van der Waals surface area contributed by atoms with Crippen LogP contribution in [0.5, 0.6) is 0 Å². The molecule has 0 heterocycles. The van der Waals surface area contributed by atoms with Gasteiger partial charge in [0.25, 0.3) is 0 Å². The van der Waals surface area contributed by atoms with Crippen LogP contribution in [0, 0.1) is 0 Å². The van der Waals surface area contributed by atoms with E-state index >= 15 is 0 Å². The highest BCUT2D eigenvalue weighted by atomic mass is 16.2. The highest BCUT2D eigenvalue weighted by molar-refractivity contribution is 5.81. The number of amides is 1. The standard InChI is InChI=1S/C9H18N2O/c1-5-6-11(7(2)3)9(12)8(4)10/h5,7-8H,1,6,10H2,2-4H3. The topological polar surface area (TPSA) is 46.3 Å². The molecular formula is C9H18N2O. The van der Waals surface area contributed by atoms with Crippen LogP contribution in [0.3, 0.4) is 0 Å². The van der Waals surface area contributed by atoms with E-state index in [0.717, 1.165) is 0 Å². The number of carbonyl (C=O) groups is 1. The lowest BCUT2D eigenvalue weighted by molar-refractivity contribution is -0.133. The quantitative estimate of drug-likeness (QED) is 0.633. The van der Waals surface area contributed by atoms with E-state index in [4.69, 9.17) is 5.73 Å². The molecule has 0 aliphatic rings. The Morgan fingerprint density at radius 3 is 2.33 bits per heavy atom. The molecule has 0 saturated carbocycles. The van der Waals surface area contributed by atoms with Crippen LogP contribution in [0.1, 0.15) is 20.8 Å². The predicted molar refractivity (Wildman–Crippen MR) is 50.7 cm³/mol. The fourth-order valence-electron chi connectivity index (χ4n) is 0.956. The molecule has 70 valence electrons. The summed E-state index contributed by atoms with van der Waals surface area (Å²) < 4.78 is 0. The fraction of sp³-hybridized carbons (Fsp3) is 0.667. The van der Waals surface area contributed by atoms with E-state index in [1.807, 2.05) is 13.8 Å². The normalized spacial score (nSPS) is 12.8. The molecule has 1 atom stereocenters. The SMILES string of the molecule is C=CCN(C(=O)C(C)N)C(C)C. The van der Waals surface area contributed by atoms with Crippen LogP contribution in [0.25, 0.3) is 0 Å². The number of carbonyl (C=O) groups excluding carboxylic acids is 1. The van der Waals surface area contributed by atoms with E-state index in [-0.39, 0.29) is 11.9 Å². The number of hydrogen-bond acceptors (Lipinski definition) is 2. The zero-order valence-electron chi connectivity index (χ0n) is 8.08. The zero-order valence-corrected chi connectivity index (χ0v) is 8.08. The van der Waals surface area contributed by atoms with Gasteiger partial charge in [0.15, 0.2) is 0 Å². The average molecular weight is 170 g/mol. The van der Waals surface area contributed by atoms with Gasteiger partial charge >= 0.3 is 0 Å². The summed E-state index contributed by atoms with van der Waals surface area (Å²) in [7, 11) is 0. The van der Waals surface area contributed by atoms with E-state index in [0.29, 0.717) is 6.54 Å². The second-order valence-electron chi connectivity index (χ2n) is 3.16. The van der Waals surface area contributed by atoms with Crippen molar-refractivity contribution in [2.24, 2.45) is 5.73 Å². The summed E-state index contributed by atoms with van der Waals surface area (Å²) in [6, 6.07) is -0.242. The van der Waals surface area contributed by atoms with Gasteiger partial charge in [0.05, 0.1) is 6.04 Å². The van der Waals surface area contributed by atoms with Gasteiger partial charge in [0.2, 0.25) is 5.91 Å². The lowest BCUT2D eigenvalue weighted by Gasteiger charge is -2.26. The summed E-state index contributed by atoms with van der Waals surface area (Å²) in [4.78, 5) is 13.1. The van der Waals surface area contributed by atoms with Gasteiger partial charge in [-0.05, 0) is 20.8 Å². The summed E-state index contributed by atoms with van der Waals surface area (Å²) in [5.41, 5.74) is 5.48. The van der Waals surface area contributed by atoms with Crippen molar-refractivity contribution in [1.82, 2.24) is 4.90 Å². The van der Waals surface area contributed by atoms with E-state index in [9.17, 15) is 4.79 Å². The minimum atomic E-state index is -0.424. The Morgan fingerprint density at radius 2 is 2.08 bits per heavy atom. The molecule has 3 heteroatoms. The first-order valence-corrected chi connectivity index (χ1v) is 4.17. The van der Waals surface area contributed by atoms with Crippen molar-refractivity contribution in [2.45, 2.75) is 32.9 Å². The molecule has 1 amide bonds. The summed E-state index contributed by atoms with van der Waals surface area (Å²) in [6.07, 6.45) is 1.71. The smallest absolute Gasteiger partial charge is 0.239 e. The second kappa shape index (κ2) is 4.93. The van der Waals surface area contributed by atoms with E-state index < -0.39 is 6.04 Å². The minimum Gasteiger partial charge on any atom is -0.335 e. The lowest BCUT2D eigenvalue weighted by Crippen LogP contribution is -2.45. The monoisotopic (exact) mass is 170 g/mol. The molecule has 0 radical (unpaired) electrons. The van der Waals surface area contributed by atoms with Gasteiger partial charge in [0.1, 0.15) is 0 Å². The summed E-state index contributed by atoms with van der Waals surface area (Å²) in [5, 5.41) is 0.